The number of nitro groups is 1. The maximum absolute atomic E-state index is 13.2. The van der Waals surface area contributed by atoms with Gasteiger partial charge in [-0.3, -0.25) is 9.48 Å². The van der Waals surface area contributed by atoms with Crippen molar-refractivity contribution < 1.29 is 9.72 Å². The van der Waals surface area contributed by atoms with Crippen LogP contribution in [0, 0.1) is 27.4 Å². The molecule has 0 radical (unpaired) electrons. The van der Waals surface area contributed by atoms with Crippen LogP contribution in [0.1, 0.15) is 50.5 Å². The molecule has 188 valence electrons. The Morgan fingerprint density at radius 3 is 2.53 bits per heavy atom. The molecule has 2 unspecified atom stereocenters. The van der Waals surface area contributed by atoms with Gasteiger partial charge in [-0.1, -0.05) is 28.1 Å². The first-order valence-electron chi connectivity index (χ1n) is 12.2. The summed E-state index contributed by atoms with van der Waals surface area (Å²) in [7, 11) is 0. The van der Waals surface area contributed by atoms with Gasteiger partial charge < -0.3 is 15.4 Å². The highest BCUT2D eigenvalue weighted by Crippen LogP contribution is 2.65. The van der Waals surface area contributed by atoms with E-state index in [0.29, 0.717) is 35.0 Å². The third-order valence-corrected chi connectivity index (χ3v) is 9.26. The fourth-order valence-corrected chi connectivity index (χ4v) is 8.11. The fraction of sp³-hybridized carbons (Fsp3) is 0.480. The molecule has 1 aromatic carbocycles. The number of nitrogens with zero attached hydrogens (tertiary/aromatic N) is 5. The second kappa shape index (κ2) is 8.79. The maximum Gasteiger partial charge on any atom is 0.404 e. The minimum atomic E-state index is -0.443. The topological polar surface area (TPSA) is 108 Å². The lowest BCUT2D eigenvalue weighted by atomic mass is 9.46. The molecule has 4 aliphatic rings. The number of rotatable bonds is 7. The van der Waals surface area contributed by atoms with Gasteiger partial charge in [0.1, 0.15) is 4.47 Å². The van der Waals surface area contributed by atoms with Crippen LogP contribution in [0.2, 0.25) is 0 Å². The summed E-state index contributed by atoms with van der Waals surface area (Å²) in [5, 5.41) is 23.2. The quantitative estimate of drug-likeness (QED) is 0.263. The van der Waals surface area contributed by atoms with Gasteiger partial charge in [-0.2, -0.15) is 9.78 Å². The number of halogens is 2. The van der Waals surface area contributed by atoms with Gasteiger partial charge in [-0.15, -0.1) is 0 Å². The summed E-state index contributed by atoms with van der Waals surface area (Å²) < 4.78 is 5.10. The van der Waals surface area contributed by atoms with Crippen molar-refractivity contribution in [2.75, 3.05) is 5.32 Å². The molecule has 2 heterocycles. The zero-order chi connectivity index (χ0) is 25.1. The largest absolute Gasteiger partial charge is 0.404 e. The summed E-state index contributed by atoms with van der Waals surface area (Å²) in [4.78, 5) is 24.2. The Kier molecular flexibility index (Phi) is 5.82. The van der Waals surface area contributed by atoms with E-state index in [0.717, 1.165) is 42.1 Å². The monoisotopic (exact) mass is 616 g/mol. The van der Waals surface area contributed by atoms with E-state index < -0.39 is 4.92 Å². The average Bonchev–Trinajstić information content (AvgIpc) is 3.40. The second-order valence-corrected chi connectivity index (χ2v) is 12.7. The molecular formula is C25H26Br2N6O3. The molecule has 7 rings (SSSR count). The Labute approximate surface area is 225 Å². The number of carbonyl (C=O) groups excluding carboxylic acids is 1. The molecule has 4 bridgehead atoms. The van der Waals surface area contributed by atoms with E-state index in [1.54, 1.807) is 12.4 Å². The Bertz CT molecular complexity index is 1320. The molecule has 3 aromatic rings. The second-order valence-electron chi connectivity index (χ2n) is 11.0. The number of carbonyl (C=O) groups is 1. The number of hydrogen-bond acceptors (Lipinski definition) is 5. The smallest absolute Gasteiger partial charge is 0.358 e. The summed E-state index contributed by atoms with van der Waals surface area (Å²) in [6.45, 7) is 0.629. The Morgan fingerprint density at radius 2 is 1.86 bits per heavy atom. The van der Waals surface area contributed by atoms with Crippen molar-refractivity contribution in [1.82, 2.24) is 19.6 Å². The first-order chi connectivity index (χ1) is 17.2. The SMILES string of the molecule is O=C(CC12CC3CC(C1)CC(n1cc(Br)c([N+](=O)[O-])n1)(C3)C2)Nc1cnn(Cc2ccc(Br)cc2)c1. The molecule has 2 aromatic heterocycles. The first kappa shape index (κ1) is 23.8. The minimum Gasteiger partial charge on any atom is -0.358 e. The number of nitrogens with one attached hydrogen (secondary N) is 1. The fourth-order valence-electron chi connectivity index (χ4n) is 7.42. The molecule has 36 heavy (non-hydrogen) atoms. The van der Waals surface area contributed by atoms with E-state index in [9.17, 15) is 14.9 Å². The van der Waals surface area contributed by atoms with Crippen LogP contribution in [0.5, 0.6) is 0 Å². The summed E-state index contributed by atoms with van der Waals surface area (Å²) in [5.41, 5.74) is 1.47. The summed E-state index contributed by atoms with van der Waals surface area (Å²) in [5.74, 6) is 0.907. The van der Waals surface area contributed by atoms with E-state index in [2.05, 4.69) is 47.4 Å². The van der Waals surface area contributed by atoms with Gasteiger partial charge in [0.25, 0.3) is 0 Å². The van der Waals surface area contributed by atoms with Crippen molar-refractivity contribution in [3.63, 3.8) is 0 Å². The van der Waals surface area contributed by atoms with Crippen LogP contribution in [-0.2, 0) is 16.9 Å². The van der Waals surface area contributed by atoms with Gasteiger partial charge in [0.05, 0.1) is 35.3 Å². The average molecular weight is 618 g/mol. The highest BCUT2D eigenvalue weighted by molar-refractivity contribution is 9.10. The van der Waals surface area contributed by atoms with Crippen molar-refractivity contribution in [3.8, 4) is 0 Å². The predicted molar refractivity (Wildman–Crippen MR) is 140 cm³/mol. The minimum absolute atomic E-state index is 0.00270. The molecule has 4 fully saturated rings. The zero-order valence-electron chi connectivity index (χ0n) is 19.6. The molecule has 4 saturated carbocycles. The Balaban J connectivity index is 1.16. The molecule has 1 N–H and O–H groups in total. The van der Waals surface area contributed by atoms with Crippen molar-refractivity contribution in [2.24, 2.45) is 17.3 Å². The van der Waals surface area contributed by atoms with Crippen LogP contribution in [0.25, 0.3) is 0 Å². The molecular weight excluding hydrogens is 592 g/mol. The van der Waals surface area contributed by atoms with Gasteiger partial charge in [0.2, 0.25) is 5.91 Å². The van der Waals surface area contributed by atoms with E-state index in [4.69, 9.17) is 0 Å². The first-order valence-corrected chi connectivity index (χ1v) is 13.8. The Morgan fingerprint density at radius 1 is 1.14 bits per heavy atom. The lowest BCUT2D eigenvalue weighted by Gasteiger charge is -2.61. The lowest BCUT2D eigenvalue weighted by molar-refractivity contribution is -0.390. The number of benzene rings is 1. The molecule has 0 saturated heterocycles. The number of amides is 1. The van der Waals surface area contributed by atoms with Crippen molar-refractivity contribution in [3.05, 3.63) is 67.5 Å². The summed E-state index contributed by atoms with van der Waals surface area (Å²) in [6, 6.07) is 8.08. The van der Waals surface area contributed by atoms with Crippen molar-refractivity contribution in [2.45, 2.75) is 57.0 Å². The molecule has 2 atom stereocenters. The predicted octanol–water partition coefficient (Wildman–Crippen LogP) is 5.89. The van der Waals surface area contributed by atoms with E-state index >= 15 is 0 Å². The van der Waals surface area contributed by atoms with Crippen LogP contribution in [0.4, 0.5) is 11.5 Å². The molecule has 9 nitrogen and oxygen atoms in total. The molecule has 11 heteroatoms. The summed E-state index contributed by atoms with van der Waals surface area (Å²) >= 11 is 6.76. The zero-order valence-corrected chi connectivity index (χ0v) is 22.7. The lowest BCUT2D eigenvalue weighted by Crippen LogP contribution is -2.57. The van der Waals surface area contributed by atoms with Gasteiger partial charge >= 0.3 is 5.82 Å². The van der Waals surface area contributed by atoms with Crippen LogP contribution in [0.3, 0.4) is 0 Å². The van der Waals surface area contributed by atoms with Crippen LogP contribution < -0.4 is 5.32 Å². The highest BCUT2D eigenvalue weighted by atomic mass is 79.9. The molecule has 4 aliphatic carbocycles. The Hall–Kier alpha value is -2.53. The molecule has 0 aliphatic heterocycles. The van der Waals surface area contributed by atoms with Crippen LogP contribution >= 0.6 is 31.9 Å². The highest BCUT2D eigenvalue weighted by Gasteiger charge is 2.60. The van der Waals surface area contributed by atoms with Crippen LogP contribution in [-0.4, -0.2) is 30.4 Å². The van der Waals surface area contributed by atoms with Crippen LogP contribution in [0.15, 0.2) is 51.8 Å². The normalized spacial score (nSPS) is 28.4. The van der Waals surface area contributed by atoms with E-state index in [-0.39, 0.29) is 22.7 Å². The van der Waals surface area contributed by atoms with Gasteiger partial charge in [0, 0.05) is 17.1 Å². The third kappa shape index (κ3) is 4.40. The number of anilines is 1. The van der Waals surface area contributed by atoms with E-state index in [1.165, 1.54) is 6.42 Å². The maximum atomic E-state index is 13.2. The van der Waals surface area contributed by atoms with Gasteiger partial charge in [0.15, 0.2) is 0 Å². The number of hydrogen-bond donors (Lipinski definition) is 1. The van der Waals surface area contributed by atoms with E-state index in [1.807, 2.05) is 39.8 Å². The third-order valence-electron chi connectivity index (χ3n) is 8.17. The molecule has 1 amide bonds. The van der Waals surface area contributed by atoms with Gasteiger partial charge in [-0.05, 0) is 94.3 Å². The van der Waals surface area contributed by atoms with Crippen molar-refractivity contribution >= 4 is 49.3 Å². The number of aromatic nitrogens is 4. The van der Waals surface area contributed by atoms with Crippen molar-refractivity contribution in [1.29, 1.82) is 0 Å². The molecule has 0 spiro atoms. The standard InChI is InChI=1S/C25H26Br2N6O3/c26-19-3-1-16(2-4-19)12-31-13-20(11-28-31)29-22(34)10-24-6-17-5-18(7-24)9-25(8-17,15-24)32-14-21(27)23(30-32)33(35)36/h1-4,11,13-14,17-18H,5-10,12,15H2,(H,29,34). The summed E-state index contributed by atoms with van der Waals surface area (Å²) in [6.07, 6.45) is 11.8. The van der Waals surface area contributed by atoms with Gasteiger partial charge in [-0.25, -0.2) is 0 Å².